The average molecular weight is 305 g/mol. The first-order valence-electron chi connectivity index (χ1n) is 5.17. The van der Waals surface area contributed by atoms with E-state index in [9.17, 15) is 5.11 Å². The van der Waals surface area contributed by atoms with Crippen molar-refractivity contribution in [3.8, 4) is 0 Å². The summed E-state index contributed by atoms with van der Waals surface area (Å²) in [5.41, 5.74) is 2.20. The van der Waals surface area contributed by atoms with Gasteiger partial charge in [0.25, 0.3) is 0 Å². The zero-order chi connectivity index (χ0) is 12.9. The fraction of sp³-hybridized carbons (Fsp3) is 0.182. The molecule has 1 aromatic carbocycles. The van der Waals surface area contributed by atoms with Crippen molar-refractivity contribution in [1.29, 1.82) is 0 Å². The molecule has 4 nitrogen and oxygen atoms in total. The number of hydrogen-bond acceptors (Lipinski definition) is 2. The first kappa shape index (κ1) is 12.1. The smallest absolute Gasteiger partial charge is 0.221 e. The quantitative estimate of drug-likeness (QED) is 0.678. The minimum atomic E-state index is -1.80. The predicted molar refractivity (Wildman–Crippen MR) is 72.3 cm³/mol. The van der Waals surface area contributed by atoms with E-state index in [2.05, 4.69) is 9.97 Å². The fourth-order valence-corrected chi connectivity index (χ4v) is 2.30. The zero-order valence-electron chi connectivity index (χ0n) is 8.94. The van der Waals surface area contributed by atoms with Crippen LogP contribution in [0.25, 0.3) is 16.8 Å². The number of halogens is 3. The second-order valence-electron chi connectivity index (χ2n) is 3.93. The van der Waals surface area contributed by atoms with Gasteiger partial charge in [0.1, 0.15) is 6.10 Å². The monoisotopic (exact) mass is 303 g/mol. The Hall–Kier alpha value is -0.940. The number of aromatic amines is 1. The molecule has 0 aliphatic rings. The Kier molecular flexibility index (Phi) is 2.71. The number of benzene rings is 1. The highest BCUT2D eigenvalue weighted by Crippen LogP contribution is 2.40. The van der Waals surface area contributed by atoms with E-state index in [1.165, 1.54) is 6.20 Å². The summed E-state index contributed by atoms with van der Waals surface area (Å²) < 4.78 is -0.0593. The van der Waals surface area contributed by atoms with Crippen molar-refractivity contribution in [2.24, 2.45) is 0 Å². The highest BCUT2D eigenvalue weighted by Gasteiger charge is 2.34. The second-order valence-corrected chi connectivity index (χ2v) is 6.30. The molecule has 3 rings (SSSR count). The number of alkyl halides is 3. The third-order valence-corrected chi connectivity index (χ3v) is 3.39. The predicted octanol–water partition coefficient (Wildman–Crippen LogP) is 3.22. The summed E-state index contributed by atoms with van der Waals surface area (Å²) in [4.78, 5) is 7.28. The zero-order valence-corrected chi connectivity index (χ0v) is 11.2. The number of H-pyrrole nitrogens is 1. The Labute approximate surface area is 117 Å². The lowest BCUT2D eigenvalue weighted by atomic mass is 10.3. The Balaban J connectivity index is 2.30. The van der Waals surface area contributed by atoms with Gasteiger partial charge in [-0.3, -0.25) is 4.40 Å². The summed E-state index contributed by atoms with van der Waals surface area (Å²) in [7, 11) is 0. The van der Waals surface area contributed by atoms with Crippen molar-refractivity contribution in [3.63, 3.8) is 0 Å². The molecule has 0 radical (unpaired) electrons. The molecule has 94 valence electrons. The van der Waals surface area contributed by atoms with Crippen LogP contribution in [0.5, 0.6) is 0 Å². The molecular formula is C11H8Cl3N3O. The van der Waals surface area contributed by atoms with Crippen LogP contribution in [0.2, 0.25) is 0 Å². The highest BCUT2D eigenvalue weighted by atomic mass is 35.6. The summed E-state index contributed by atoms with van der Waals surface area (Å²) in [6.45, 7) is 0. The molecule has 0 aliphatic carbocycles. The van der Waals surface area contributed by atoms with Gasteiger partial charge in [-0.05, 0) is 12.1 Å². The lowest BCUT2D eigenvalue weighted by Gasteiger charge is -2.17. The van der Waals surface area contributed by atoms with Crippen LogP contribution < -0.4 is 0 Å². The topological polar surface area (TPSA) is 53.3 Å². The van der Waals surface area contributed by atoms with Crippen molar-refractivity contribution < 1.29 is 5.11 Å². The van der Waals surface area contributed by atoms with Gasteiger partial charge < -0.3 is 10.1 Å². The van der Waals surface area contributed by atoms with Crippen LogP contribution in [0, 0.1) is 0 Å². The van der Waals surface area contributed by atoms with Crippen LogP contribution in [0.4, 0.5) is 0 Å². The number of nitrogens with one attached hydrogen (secondary N) is 1. The van der Waals surface area contributed by atoms with Gasteiger partial charge in [-0.1, -0.05) is 46.9 Å². The molecular weight excluding hydrogens is 296 g/mol. The Morgan fingerprint density at radius 3 is 2.72 bits per heavy atom. The van der Waals surface area contributed by atoms with E-state index in [1.807, 2.05) is 24.3 Å². The molecule has 0 saturated carbocycles. The van der Waals surface area contributed by atoms with Crippen LogP contribution in [0.3, 0.4) is 0 Å². The maximum Gasteiger partial charge on any atom is 0.221 e. The molecule has 1 atom stereocenters. The van der Waals surface area contributed by atoms with E-state index in [4.69, 9.17) is 34.8 Å². The number of aliphatic hydroxyl groups is 1. The number of hydrogen-bond donors (Lipinski definition) is 2. The number of fused-ring (bicyclic) bond motifs is 3. The average Bonchev–Trinajstić information content (AvgIpc) is 2.84. The summed E-state index contributed by atoms with van der Waals surface area (Å²) in [5.74, 6) is 0.597. The van der Waals surface area contributed by atoms with E-state index >= 15 is 0 Å². The third kappa shape index (κ3) is 1.77. The SMILES string of the molecule is OC(c1cnc2[nH]c3ccccc3n12)C(Cl)(Cl)Cl. The minimum absolute atomic E-state index is 0.433. The van der Waals surface area contributed by atoms with Crippen molar-refractivity contribution in [1.82, 2.24) is 14.4 Å². The lowest BCUT2D eigenvalue weighted by Crippen LogP contribution is -2.17. The normalized spacial score (nSPS) is 14.4. The van der Waals surface area contributed by atoms with Gasteiger partial charge in [0, 0.05) is 0 Å². The summed E-state index contributed by atoms with van der Waals surface area (Å²) in [6.07, 6.45) is 0.238. The molecule has 18 heavy (non-hydrogen) atoms. The van der Waals surface area contributed by atoms with Crippen LogP contribution in [0.1, 0.15) is 11.8 Å². The van der Waals surface area contributed by atoms with E-state index < -0.39 is 9.90 Å². The fourth-order valence-electron chi connectivity index (χ4n) is 1.96. The third-order valence-electron chi connectivity index (χ3n) is 2.77. The summed E-state index contributed by atoms with van der Waals surface area (Å²) >= 11 is 17.2. The first-order valence-corrected chi connectivity index (χ1v) is 6.31. The number of imidazole rings is 2. The molecule has 7 heteroatoms. The molecule has 0 spiro atoms. The molecule has 2 aromatic heterocycles. The van der Waals surface area contributed by atoms with E-state index in [-0.39, 0.29) is 0 Å². The molecule has 3 aromatic rings. The number of nitrogens with zero attached hydrogens (tertiary/aromatic N) is 2. The van der Waals surface area contributed by atoms with Gasteiger partial charge >= 0.3 is 0 Å². The van der Waals surface area contributed by atoms with E-state index in [0.717, 1.165) is 11.0 Å². The van der Waals surface area contributed by atoms with Crippen molar-refractivity contribution >= 4 is 51.6 Å². The largest absolute Gasteiger partial charge is 0.382 e. The number of rotatable bonds is 1. The molecule has 2 heterocycles. The van der Waals surface area contributed by atoms with Gasteiger partial charge in [0.2, 0.25) is 9.57 Å². The van der Waals surface area contributed by atoms with Crippen molar-refractivity contribution in [2.75, 3.05) is 0 Å². The van der Waals surface area contributed by atoms with Crippen molar-refractivity contribution in [2.45, 2.75) is 9.90 Å². The van der Waals surface area contributed by atoms with Gasteiger partial charge in [0.15, 0.2) is 0 Å². The molecule has 0 fully saturated rings. The van der Waals surface area contributed by atoms with E-state index in [1.54, 1.807) is 4.40 Å². The first-order chi connectivity index (χ1) is 8.48. The molecule has 0 saturated heterocycles. The summed E-state index contributed by atoms with van der Waals surface area (Å²) in [5, 5.41) is 10.1. The number of aliphatic hydroxyl groups excluding tert-OH is 1. The maximum atomic E-state index is 10.1. The second kappa shape index (κ2) is 4.03. The van der Waals surface area contributed by atoms with Crippen LogP contribution in [0.15, 0.2) is 30.5 Å². The molecule has 2 N–H and O–H groups in total. The van der Waals surface area contributed by atoms with Crippen LogP contribution in [-0.2, 0) is 0 Å². The number of para-hydroxylation sites is 2. The Bertz CT molecular complexity index is 713. The standard InChI is InChI=1S/C11H8Cl3N3O/c12-11(13,14)9(18)8-5-15-10-16-6-3-1-2-4-7(6)17(8)10/h1-5,9,18H,(H,15,16). The summed E-state index contributed by atoms with van der Waals surface area (Å²) in [6, 6.07) is 7.61. The molecule has 0 bridgehead atoms. The van der Waals surface area contributed by atoms with Gasteiger partial charge in [0.05, 0.1) is 22.9 Å². The Morgan fingerprint density at radius 1 is 1.28 bits per heavy atom. The van der Waals surface area contributed by atoms with Crippen LogP contribution in [-0.4, -0.2) is 23.3 Å². The molecule has 0 aliphatic heterocycles. The van der Waals surface area contributed by atoms with E-state index in [0.29, 0.717) is 11.5 Å². The number of aromatic nitrogens is 3. The van der Waals surface area contributed by atoms with Crippen LogP contribution >= 0.6 is 34.8 Å². The minimum Gasteiger partial charge on any atom is -0.382 e. The highest BCUT2D eigenvalue weighted by molar-refractivity contribution is 6.68. The lowest BCUT2D eigenvalue weighted by molar-refractivity contribution is 0.177. The maximum absolute atomic E-state index is 10.1. The van der Waals surface area contributed by atoms with Gasteiger partial charge in [-0.25, -0.2) is 4.98 Å². The Morgan fingerprint density at radius 2 is 2.00 bits per heavy atom. The molecule has 0 amide bonds. The van der Waals surface area contributed by atoms with Crippen molar-refractivity contribution in [3.05, 3.63) is 36.2 Å². The van der Waals surface area contributed by atoms with Gasteiger partial charge in [-0.2, -0.15) is 0 Å². The van der Waals surface area contributed by atoms with Gasteiger partial charge in [-0.15, -0.1) is 0 Å². The molecule has 1 unspecified atom stereocenters.